The largest absolute Gasteiger partial charge is 0.356 e. The predicted molar refractivity (Wildman–Crippen MR) is 70.5 cm³/mol. The van der Waals surface area contributed by atoms with Crippen LogP contribution in [0, 0.1) is 5.92 Å². The van der Waals surface area contributed by atoms with E-state index in [1.165, 1.54) is 38.5 Å². The highest BCUT2D eigenvalue weighted by Gasteiger charge is 2.16. The highest BCUT2D eigenvalue weighted by molar-refractivity contribution is 5.78. The molecular weight excluding hydrogens is 198 g/mol. The van der Waals surface area contributed by atoms with E-state index >= 15 is 0 Å². The Hall–Kier alpha value is -0.530. The van der Waals surface area contributed by atoms with Crippen LogP contribution < -0.4 is 5.32 Å². The fraction of sp³-hybridized carbons (Fsp3) is 0.929. The Morgan fingerprint density at radius 1 is 0.938 bits per heavy atom. The molecule has 0 saturated heterocycles. The number of amides is 1. The number of hydrogen-bond donors (Lipinski definition) is 1. The summed E-state index contributed by atoms with van der Waals surface area (Å²) in [4.78, 5) is 11.8. The maximum atomic E-state index is 11.8. The van der Waals surface area contributed by atoms with Gasteiger partial charge in [-0.15, -0.1) is 0 Å². The molecular formula is C14H29NO. The van der Waals surface area contributed by atoms with Crippen molar-refractivity contribution in [3.05, 3.63) is 0 Å². The Balaban J connectivity index is 3.84. The minimum Gasteiger partial charge on any atom is -0.356 e. The Bertz CT molecular complexity index is 168. The van der Waals surface area contributed by atoms with Crippen molar-refractivity contribution in [3.63, 3.8) is 0 Å². The lowest BCUT2D eigenvalue weighted by atomic mass is 9.94. The monoisotopic (exact) mass is 227 g/mol. The van der Waals surface area contributed by atoms with Gasteiger partial charge < -0.3 is 5.32 Å². The van der Waals surface area contributed by atoms with Crippen LogP contribution in [0.5, 0.6) is 0 Å². The number of carbonyl (C=O) groups excluding carboxylic acids is 1. The third-order valence-corrected chi connectivity index (χ3v) is 3.03. The highest BCUT2D eigenvalue weighted by atomic mass is 16.1. The van der Waals surface area contributed by atoms with Crippen LogP contribution in [0.15, 0.2) is 0 Å². The van der Waals surface area contributed by atoms with E-state index in [0.717, 1.165) is 19.4 Å². The number of nitrogens with one attached hydrogen (secondary N) is 1. The standard InChI is InChI=1S/C14H29NO/c1-4-7-9-10-12-13(11-8-5-2)14(16)15-6-3/h13H,4-12H2,1-3H3,(H,15,16). The number of hydrogen-bond acceptors (Lipinski definition) is 1. The molecule has 1 unspecified atom stereocenters. The normalized spacial score (nSPS) is 12.4. The summed E-state index contributed by atoms with van der Waals surface area (Å²) in [6, 6.07) is 0. The van der Waals surface area contributed by atoms with Crippen molar-refractivity contribution in [1.29, 1.82) is 0 Å². The van der Waals surface area contributed by atoms with Gasteiger partial charge in [0.25, 0.3) is 0 Å². The first-order chi connectivity index (χ1) is 7.76. The Morgan fingerprint density at radius 2 is 1.56 bits per heavy atom. The third kappa shape index (κ3) is 7.72. The number of carbonyl (C=O) groups is 1. The molecule has 1 atom stereocenters. The van der Waals surface area contributed by atoms with Gasteiger partial charge in [0.1, 0.15) is 0 Å². The number of unbranched alkanes of at least 4 members (excludes halogenated alkanes) is 4. The first kappa shape index (κ1) is 15.5. The van der Waals surface area contributed by atoms with Crippen LogP contribution in [0.4, 0.5) is 0 Å². The second-order valence-electron chi connectivity index (χ2n) is 4.58. The molecule has 2 nitrogen and oxygen atoms in total. The van der Waals surface area contributed by atoms with Gasteiger partial charge in [0, 0.05) is 12.5 Å². The maximum Gasteiger partial charge on any atom is 0.223 e. The Kier molecular flexibility index (Phi) is 10.6. The molecule has 1 amide bonds. The van der Waals surface area contributed by atoms with E-state index in [4.69, 9.17) is 0 Å². The van der Waals surface area contributed by atoms with Crippen molar-refractivity contribution in [2.45, 2.75) is 72.1 Å². The summed E-state index contributed by atoms with van der Waals surface area (Å²) in [5, 5.41) is 2.96. The molecule has 0 aromatic carbocycles. The molecule has 0 heterocycles. The van der Waals surface area contributed by atoms with E-state index in [1.54, 1.807) is 0 Å². The van der Waals surface area contributed by atoms with Crippen LogP contribution in [0.2, 0.25) is 0 Å². The zero-order valence-electron chi connectivity index (χ0n) is 11.3. The molecule has 2 heteroatoms. The zero-order chi connectivity index (χ0) is 12.2. The van der Waals surface area contributed by atoms with E-state index in [9.17, 15) is 4.79 Å². The lowest BCUT2D eigenvalue weighted by Crippen LogP contribution is -2.30. The highest BCUT2D eigenvalue weighted by Crippen LogP contribution is 2.17. The topological polar surface area (TPSA) is 29.1 Å². The smallest absolute Gasteiger partial charge is 0.223 e. The predicted octanol–water partition coefficient (Wildman–Crippen LogP) is 3.90. The molecule has 0 radical (unpaired) electrons. The van der Waals surface area contributed by atoms with Gasteiger partial charge in [0.2, 0.25) is 5.91 Å². The molecule has 96 valence electrons. The molecule has 0 aliphatic carbocycles. The van der Waals surface area contributed by atoms with Gasteiger partial charge >= 0.3 is 0 Å². The second-order valence-corrected chi connectivity index (χ2v) is 4.58. The average Bonchev–Trinajstić information content (AvgIpc) is 2.28. The maximum absolute atomic E-state index is 11.8. The van der Waals surface area contributed by atoms with E-state index in [0.29, 0.717) is 0 Å². The lowest BCUT2D eigenvalue weighted by Gasteiger charge is -2.15. The summed E-state index contributed by atoms with van der Waals surface area (Å²) < 4.78 is 0. The summed E-state index contributed by atoms with van der Waals surface area (Å²) in [6.45, 7) is 7.16. The summed E-state index contributed by atoms with van der Waals surface area (Å²) >= 11 is 0. The van der Waals surface area contributed by atoms with Gasteiger partial charge in [-0.25, -0.2) is 0 Å². The minimum absolute atomic E-state index is 0.261. The van der Waals surface area contributed by atoms with E-state index < -0.39 is 0 Å². The van der Waals surface area contributed by atoms with Crippen molar-refractivity contribution in [1.82, 2.24) is 5.32 Å². The lowest BCUT2D eigenvalue weighted by molar-refractivity contribution is -0.125. The summed E-state index contributed by atoms with van der Waals surface area (Å²) in [6.07, 6.45) is 9.55. The molecule has 0 aromatic rings. The van der Waals surface area contributed by atoms with Gasteiger partial charge in [-0.05, 0) is 19.8 Å². The Labute approximate surface area is 101 Å². The van der Waals surface area contributed by atoms with Crippen LogP contribution in [-0.2, 0) is 4.79 Å². The van der Waals surface area contributed by atoms with Crippen molar-refractivity contribution in [3.8, 4) is 0 Å². The summed E-state index contributed by atoms with van der Waals surface area (Å²) in [7, 11) is 0. The molecule has 0 aliphatic rings. The molecule has 16 heavy (non-hydrogen) atoms. The van der Waals surface area contributed by atoms with Gasteiger partial charge in [0.15, 0.2) is 0 Å². The van der Waals surface area contributed by atoms with Gasteiger partial charge in [-0.1, -0.05) is 52.4 Å². The first-order valence-corrected chi connectivity index (χ1v) is 7.03. The van der Waals surface area contributed by atoms with Crippen LogP contribution in [-0.4, -0.2) is 12.5 Å². The van der Waals surface area contributed by atoms with Gasteiger partial charge in [-0.3, -0.25) is 4.79 Å². The fourth-order valence-electron chi connectivity index (χ4n) is 1.99. The molecule has 0 fully saturated rings. The average molecular weight is 227 g/mol. The minimum atomic E-state index is 0.261. The molecule has 0 spiro atoms. The van der Waals surface area contributed by atoms with Crippen molar-refractivity contribution < 1.29 is 4.79 Å². The van der Waals surface area contributed by atoms with E-state index in [-0.39, 0.29) is 11.8 Å². The van der Waals surface area contributed by atoms with Crippen molar-refractivity contribution in [2.24, 2.45) is 5.92 Å². The summed E-state index contributed by atoms with van der Waals surface area (Å²) in [5.41, 5.74) is 0. The molecule has 0 bridgehead atoms. The molecule has 0 aliphatic heterocycles. The van der Waals surface area contributed by atoms with Crippen molar-refractivity contribution >= 4 is 5.91 Å². The zero-order valence-corrected chi connectivity index (χ0v) is 11.3. The molecule has 0 aromatic heterocycles. The number of rotatable bonds is 10. The van der Waals surface area contributed by atoms with E-state index in [1.807, 2.05) is 6.92 Å². The first-order valence-electron chi connectivity index (χ1n) is 7.03. The quantitative estimate of drug-likeness (QED) is 0.563. The molecule has 1 N–H and O–H groups in total. The fourth-order valence-corrected chi connectivity index (χ4v) is 1.99. The van der Waals surface area contributed by atoms with E-state index in [2.05, 4.69) is 19.2 Å². The van der Waals surface area contributed by atoms with Gasteiger partial charge in [0.05, 0.1) is 0 Å². The summed E-state index contributed by atoms with van der Waals surface area (Å²) in [5.74, 6) is 0.532. The molecule has 0 rings (SSSR count). The van der Waals surface area contributed by atoms with Crippen LogP contribution in [0.25, 0.3) is 0 Å². The SMILES string of the molecule is CCCCCCC(CCCC)C(=O)NCC. The third-order valence-electron chi connectivity index (χ3n) is 3.03. The Morgan fingerprint density at radius 3 is 2.12 bits per heavy atom. The van der Waals surface area contributed by atoms with Crippen molar-refractivity contribution in [2.75, 3.05) is 6.54 Å². The van der Waals surface area contributed by atoms with Crippen LogP contribution in [0.1, 0.15) is 72.1 Å². The van der Waals surface area contributed by atoms with Gasteiger partial charge in [-0.2, -0.15) is 0 Å². The van der Waals surface area contributed by atoms with Crippen LogP contribution in [0.3, 0.4) is 0 Å². The molecule has 0 saturated carbocycles. The second kappa shape index (κ2) is 11.0. The van der Waals surface area contributed by atoms with Crippen LogP contribution >= 0.6 is 0 Å².